The summed E-state index contributed by atoms with van der Waals surface area (Å²) in [5, 5.41) is 7.24. The Labute approximate surface area is 193 Å². The van der Waals surface area contributed by atoms with E-state index in [1.54, 1.807) is 23.9 Å². The molecule has 2 aromatic heterocycles. The number of thiophene rings is 1. The highest BCUT2D eigenvalue weighted by molar-refractivity contribution is 7.91. The Morgan fingerprint density at radius 1 is 1.25 bits per heavy atom. The first kappa shape index (κ1) is 21.3. The lowest BCUT2D eigenvalue weighted by Crippen LogP contribution is -2.36. The molecule has 2 aliphatic heterocycles. The van der Waals surface area contributed by atoms with E-state index < -0.39 is 10.0 Å². The second-order valence-corrected chi connectivity index (χ2v) is 11.3. The molecule has 3 aromatic rings. The average Bonchev–Trinajstić information content (AvgIpc) is 3.50. The Kier molecular flexibility index (Phi) is 5.36. The number of nitrogens with zero attached hydrogens (tertiary/aromatic N) is 3. The van der Waals surface area contributed by atoms with E-state index in [1.807, 2.05) is 12.1 Å². The highest BCUT2D eigenvalue weighted by Gasteiger charge is 2.34. The second-order valence-electron chi connectivity index (χ2n) is 7.41. The standard InChI is InChI=1S/C20H19ClN4O5S2/c1-24-14-6-7-25(32(27,28)18-5-4-17(21)31-18)10-13(14)19(23-24)20(26)22-9-12-2-3-15-16(8-12)30-11-29-15/h2-5,8H,6-7,9-11H2,1H3,(H,22,26). The van der Waals surface area contributed by atoms with Crippen LogP contribution in [-0.2, 0) is 36.6 Å². The number of aromatic nitrogens is 2. The highest BCUT2D eigenvalue weighted by atomic mass is 35.5. The zero-order valence-electron chi connectivity index (χ0n) is 17.0. The molecule has 0 bridgehead atoms. The third-order valence-electron chi connectivity index (χ3n) is 5.46. The number of aryl methyl sites for hydroxylation is 1. The molecular formula is C20H19ClN4O5S2. The van der Waals surface area contributed by atoms with E-state index in [1.165, 1.54) is 10.4 Å². The second kappa shape index (κ2) is 8.07. The molecule has 0 fully saturated rings. The third kappa shape index (κ3) is 3.75. The van der Waals surface area contributed by atoms with Crippen LogP contribution in [0.1, 0.15) is 27.3 Å². The molecule has 168 valence electrons. The van der Waals surface area contributed by atoms with E-state index in [4.69, 9.17) is 21.1 Å². The number of sulfonamides is 1. The summed E-state index contributed by atoms with van der Waals surface area (Å²) in [6, 6.07) is 8.53. The number of hydrogen-bond donors (Lipinski definition) is 1. The lowest BCUT2D eigenvalue weighted by molar-refractivity contribution is 0.0943. The lowest BCUT2D eigenvalue weighted by atomic mass is 10.1. The largest absolute Gasteiger partial charge is 0.454 e. The maximum Gasteiger partial charge on any atom is 0.272 e. The number of halogens is 1. The fraction of sp³-hybridized carbons (Fsp3) is 0.300. The summed E-state index contributed by atoms with van der Waals surface area (Å²) in [7, 11) is -1.94. The van der Waals surface area contributed by atoms with Gasteiger partial charge in [0.2, 0.25) is 6.79 Å². The fourth-order valence-electron chi connectivity index (χ4n) is 3.84. The first-order valence-corrected chi connectivity index (χ1v) is 12.4. The van der Waals surface area contributed by atoms with Gasteiger partial charge in [0.05, 0.1) is 4.34 Å². The van der Waals surface area contributed by atoms with Crippen LogP contribution >= 0.6 is 22.9 Å². The van der Waals surface area contributed by atoms with E-state index in [0.29, 0.717) is 34.4 Å². The summed E-state index contributed by atoms with van der Waals surface area (Å²) in [4.78, 5) is 12.9. The average molecular weight is 495 g/mol. The van der Waals surface area contributed by atoms with Crippen molar-refractivity contribution in [1.29, 1.82) is 0 Å². The number of benzene rings is 1. The zero-order valence-corrected chi connectivity index (χ0v) is 19.4. The quantitative estimate of drug-likeness (QED) is 0.584. The van der Waals surface area contributed by atoms with Crippen LogP contribution in [0.2, 0.25) is 4.34 Å². The molecule has 1 amide bonds. The van der Waals surface area contributed by atoms with Gasteiger partial charge in [0.15, 0.2) is 17.2 Å². The van der Waals surface area contributed by atoms with Crippen molar-refractivity contribution in [1.82, 2.24) is 19.4 Å². The summed E-state index contributed by atoms with van der Waals surface area (Å²) in [5.41, 5.74) is 2.56. The molecule has 5 rings (SSSR count). The molecule has 1 aromatic carbocycles. The smallest absolute Gasteiger partial charge is 0.272 e. The molecule has 0 aliphatic carbocycles. The lowest BCUT2D eigenvalue weighted by Gasteiger charge is -2.26. The maximum atomic E-state index is 13.0. The predicted molar refractivity (Wildman–Crippen MR) is 118 cm³/mol. The fourth-order valence-corrected chi connectivity index (χ4v) is 6.88. The first-order chi connectivity index (χ1) is 15.3. The molecular weight excluding hydrogens is 476 g/mol. The Morgan fingerprint density at radius 3 is 2.84 bits per heavy atom. The van der Waals surface area contributed by atoms with Crippen molar-refractivity contribution < 1.29 is 22.7 Å². The van der Waals surface area contributed by atoms with Crippen molar-refractivity contribution in [3.8, 4) is 11.5 Å². The van der Waals surface area contributed by atoms with Crippen molar-refractivity contribution >= 4 is 38.9 Å². The normalized spacial score (nSPS) is 15.6. The molecule has 0 radical (unpaired) electrons. The van der Waals surface area contributed by atoms with E-state index in [2.05, 4.69) is 10.4 Å². The van der Waals surface area contributed by atoms with Crippen molar-refractivity contribution in [2.24, 2.45) is 7.05 Å². The first-order valence-electron chi connectivity index (χ1n) is 9.80. The van der Waals surface area contributed by atoms with Gasteiger partial charge in [-0.25, -0.2) is 8.42 Å². The van der Waals surface area contributed by atoms with Gasteiger partial charge in [-0.1, -0.05) is 17.7 Å². The molecule has 0 unspecified atom stereocenters. The minimum Gasteiger partial charge on any atom is -0.454 e. The van der Waals surface area contributed by atoms with Crippen LogP contribution in [0.5, 0.6) is 11.5 Å². The minimum absolute atomic E-state index is 0.0772. The number of fused-ring (bicyclic) bond motifs is 2. The summed E-state index contributed by atoms with van der Waals surface area (Å²) in [6.07, 6.45) is 0.465. The van der Waals surface area contributed by atoms with Crippen LogP contribution in [-0.4, -0.2) is 41.7 Å². The SMILES string of the molecule is Cn1nc(C(=O)NCc2ccc3c(c2)OCO3)c2c1CCN(S(=O)(=O)c1ccc(Cl)s1)C2. The number of nitrogens with one attached hydrogen (secondary N) is 1. The maximum absolute atomic E-state index is 13.0. The van der Waals surface area contributed by atoms with E-state index in [0.717, 1.165) is 22.6 Å². The third-order valence-corrected chi connectivity index (χ3v) is 9.00. The number of carbonyl (C=O) groups is 1. The summed E-state index contributed by atoms with van der Waals surface area (Å²) in [6.45, 7) is 0.843. The monoisotopic (exact) mass is 494 g/mol. The number of ether oxygens (including phenoxy) is 2. The van der Waals surface area contributed by atoms with Crippen LogP contribution in [0.15, 0.2) is 34.5 Å². The Balaban J connectivity index is 1.35. The Morgan fingerprint density at radius 2 is 2.06 bits per heavy atom. The highest BCUT2D eigenvalue weighted by Crippen LogP contribution is 2.33. The van der Waals surface area contributed by atoms with E-state index in [-0.39, 0.29) is 35.7 Å². The van der Waals surface area contributed by atoms with Gasteiger partial charge >= 0.3 is 0 Å². The van der Waals surface area contributed by atoms with Gasteiger partial charge in [0.1, 0.15) is 4.21 Å². The number of hydrogen-bond acceptors (Lipinski definition) is 7. The Bertz CT molecular complexity index is 1320. The summed E-state index contributed by atoms with van der Waals surface area (Å²) < 4.78 is 40.3. The van der Waals surface area contributed by atoms with E-state index >= 15 is 0 Å². The number of carbonyl (C=O) groups excluding carboxylic acids is 1. The molecule has 2 aliphatic rings. The van der Waals surface area contributed by atoms with Crippen molar-refractivity contribution in [2.45, 2.75) is 23.7 Å². The van der Waals surface area contributed by atoms with Crippen LogP contribution in [0, 0.1) is 0 Å². The molecule has 12 heteroatoms. The molecule has 0 atom stereocenters. The van der Waals surface area contributed by atoms with Crippen LogP contribution in [0.4, 0.5) is 0 Å². The van der Waals surface area contributed by atoms with Crippen LogP contribution in [0.25, 0.3) is 0 Å². The zero-order chi connectivity index (χ0) is 22.5. The van der Waals surface area contributed by atoms with Crippen molar-refractivity contribution in [3.05, 3.63) is 57.2 Å². The minimum atomic E-state index is -3.71. The number of rotatable bonds is 5. The van der Waals surface area contributed by atoms with Gasteiger partial charge < -0.3 is 14.8 Å². The molecule has 4 heterocycles. The van der Waals surface area contributed by atoms with Crippen LogP contribution < -0.4 is 14.8 Å². The summed E-state index contributed by atoms with van der Waals surface area (Å²) >= 11 is 6.94. The molecule has 1 N–H and O–H groups in total. The molecule has 0 saturated heterocycles. The molecule has 32 heavy (non-hydrogen) atoms. The van der Waals surface area contributed by atoms with Crippen molar-refractivity contribution in [2.75, 3.05) is 13.3 Å². The van der Waals surface area contributed by atoms with Gasteiger partial charge in [0.25, 0.3) is 15.9 Å². The molecule has 9 nitrogen and oxygen atoms in total. The van der Waals surface area contributed by atoms with Gasteiger partial charge in [-0.15, -0.1) is 11.3 Å². The molecule has 0 saturated carbocycles. The van der Waals surface area contributed by atoms with Crippen molar-refractivity contribution in [3.63, 3.8) is 0 Å². The predicted octanol–water partition coefficient (Wildman–Crippen LogP) is 2.54. The van der Waals surface area contributed by atoms with Gasteiger partial charge in [-0.05, 0) is 29.8 Å². The van der Waals surface area contributed by atoms with E-state index in [9.17, 15) is 13.2 Å². The van der Waals surface area contributed by atoms with Gasteiger partial charge in [-0.2, -0.15) is 9.40 Å². The number of amides is 1. The molecule has 0 spiro atoms. The summed E-state index contributed by atoms with van der Waals surface area (Å²) in [5.74, 6) is 0.951. The van der Waals surface area contributed by atoms with Gasteiger partial charge in [0, 0.05) is 44.4 Å². The Hall–Kier alpha value is -2.60. The van der Waals surface area contributed by atoms with Gasteiger partial charge in [-0.3, -0.25) is 9.48 Å². The topological polar surface area (TPSA) is 103 Å². The van der Waals surface area contributed by atoms with Crippen LogP contribution in [0.3, 0.4) is 0 Å².